The number of nitrogens with one attached hydrogen (secondary N) is 2. The average molecular weight is 310 g/mol. The van der Waals surface area contributed by atoms with Crippen molar-refractivity contribution in [3.63, 3.8) is 0 Å². The SMILES string of the molecule is CCn1cc(NC(=O)NC[C@@H]2CCN(CCCOC)C2)nn1. The van der Waals surface area contributed by atoms with Gasteiger partial charge in [0.25, 0.3) is 0 Å². The average Bonchev–Trinajstić information content (AvgIpc) is 3.14. The minimum absolute atomic E-state index is 0.221. The number of aryl methyl sites for hydroxylation is 1. The molecule has 124 valence electrons. The monoisotopic (exact) mass is 310 g/mol. The lowest BCUT2D eigenvalue weighted by Crippen LogP contribution is -2.34. The number of hydrogen-bond acceptors (Lipinski definition) is 5. The Morgan fingerprint density at radius 1 is 1.55 bits per heavy atom. The fraction of sp³-hybridized carbons (Fsp3) is 0.786. The minimum atomic E-state index is -0.221. The standard InChI is InChI=1S/C14H26N6O2/c1-3-20-11-13(17-18-20)16-14(21)15-9-12-5-7-19(10-12)6-4-8-22-2/h11-12H,3-10H2,1-2H3,(H2,15,16,21)/t12-/m0/s1. The number of aromatic nitrogens is 3. The molecule has 0 unspecified atom stereocenters. The van der Waals surface area contributed by atoms with E-state index in [-0.39, 0.29) is 6.03 Å². The highest BCUT2D eigenvalue weighted by Gasteiger charge is 2.22. The number of anilines is 1. The number of hydrogen-bond donors (Lipinski definition) is 2. The first-order chi connectivity index (χ1) is 10.7. The zero-order chi connectivity index (χ0) is 15.8. The Hall–Kier alpha value is -1.67. The summed E-state index contributed by atoms with van der Waals surface area (Å²) in [5.41, 5.74) is 0. The van der Waals surface area contributed by atoms with Crippen LogP contribution in [0.5, 0.6) is 0 Å². The van der Waals surface area contributed by atoms with E-state index in [2.05, 4.69) is 25.8 Å². The Balaban J connectivity index is 1.62. The molecule has 0 saturated carbocycles. The van der Waals surface area contributed by atoms with Crippen LogP contribution in [0.2, 0.25) is 0 Å². The molecule has 0 aliphatic carbocycles. The van der Waals surface area contributed by atoms with Gasteiger partial charge in [0.05, 0.1) is 6.20 Å². The number of carbonyl (C=O) groups excluding carboxylic acids is 1. The van der Waals surface area contributed by atoms with Crippen molar-refractivity contribution in [1.82, 2.24) is 25.2 Å². The van der Waals surface area contributed by atoms with Gasteiger partial charge in [-0.1, -0.05) is 5.21 Å². The second kappa shape index (κ2) is 8.70. The molecule has 2 heterocycles. The number of ether oxygens (including phenoxy) is 1. The molecule has 0 bridgehead atoms. The zero-order valence-corrected chi connectivity index (χ0v) is 13.4. The lowest BCUT2D eigenvalue weighted by atomic mass is 10.1. The molecule has 0 aromatic carbocycles. The topological polar surface area (TPSA) is 84.3 Å². The number of urea groups is 1. The predicted octanol–water partition coefficient (Wildman–Crippen LogP) is 0.778. The van der Waals surface area contributed by atoms with Crippen molar-refractivity contribution in [2.45, 2.75) is 26.3 Å². The molecule has 22 heavy (non-hydrogen) atoms. The largest absolute Gasteiger partial charge is 0.385 e. The van der Waals surface area contributed by atoms with Crippen LogP contribution < -0.4 is 10.6 Å². The summed E-state index contributed by atoms with van der Waals surface area (Å²) in [6.07, 6.45) is 3.90. The third kappa shape index (κ3) is 5.27. The maximum Gasteiger partial charge on any atom is 0.320 e. The third-order valence-corrected chi connectivity index (χ3v) is 3.85. The van der Waals surface area contributed by atoms with Gasteiger partial charge in [-0.15, -0.1) is 5.10 Å². The molecule has 2 rings (SSSR count). The van der Waals surface area contributed by atoms with Crippen molar-refractivity contribution in [2.75, 3.05) is 45.2 Å². The first-order valence-corrected chi connectivity index (χ1v) is 7.87. The Labute approximate surface area is 131 Å². The molecule has 2 N–H and O–H groups in total. The van der Waals surface area contributed by atoms with Crippen LogP contribution in [-0.4, -0.2) is 65.8 Å². The van der Waals surface area contributed by atoms with E-state index in [0.29, 0.717) is 18.3 Å². The Morgan fingerprint density at radius 3 is 3.14 bits per heavy atom. The Bertz CT molecular complexity index is 464. The lowest BCUT2D eigenvalue weighted by Gasteiger charge is -2.15. The second-order valence-electron chi connectivity index (χ2n) is 5.60. The third-order valence-electron chi connectivity index (χ3n) is 3.85. The summed E-state index contributed by atoms with van der Waals surface area (Å²) in [4.78, 5) is 14.3. The molecule has 1 fully saturated rings. The molecule has 1 aromatic rings. The molecule has 0 spiro atoms. The fourth-order valence-corrected chi connectivity index (χ4v) is 2.62. The number of amides is 2. The smallest absolute Gasteiger partial charge is 0.320 e. The van der Waals surface area contributed by atoms with Crippen molar-refractivity contribution >= 4 is 11.8 Å². The van der Waals surface area contributed by atoms with Crippen molar-refractivity contribution in [1.29, 1.82) is 0 Å². The van der Waals surface area contributed by atoms with E-state index >= 15 is 0 Å². The van der Waals surface area contributed by atoms with E-state index in [9.17, 15) is 4.79 Å². The summed E-state index contributed by atoms with van der Waals surface area (Å²) in [7, 11) is 1.73. The van der Waals surface area contributed by atoms with Crippen LogP contribution >= 0.6 is 0 Å². The number of methoxy groups -OCH3 is 1. The fourth-order valence-electron chi connectivity index (χ4n) is 2.62. The molecule has 8 heteroatoms. The first-order valence-electron chi connectivity index (χ1n) is 7.87. The molecule has 8 nitrogen and oxygen atoms in total. The van der Waals surface area contributed by atoms with Gasteiger partial charge in [-0.2, -0.15) is 0 Å². The Kier molecular flexibility index (Phi) is 6.60. The number of carbonyl (C=O) groups is 1. The molecule has 2 amide bonds. The number of likely N-dealkylation sites (tertiary alicyclic amines) is 1. The first kappa shape index (κ1) is 16.7. The predicted molar refractivity (Wildman–Crippen MR) is 83.8 cm³/mol. The van der Waals surface area contributed by atoms with Gasteiger partial charge < -0.3 is 15.0 Å². The summed E-state index contributed by atoms with van der Waals surface area (Å²) in [5.74, 6) is 0.992. The van der Waals surface area contributed by atoms with Gasteiger partial charge in [-0.05, 0) is 32.2 Å². The van der Waals surface area contributed by atoms with Crippen molar-refractivity contribution < 1.29 is 9.53 Å². The normalized spacial score (nSPS) is 18.5. The highest BCUT2D eigenvalue weighted by Crippen LogP contribution is 2.15. The lowest BCUT2D eigenvalue weighted by molar-refractivity contribution is 0.178. The molecule has 1 aliphatic rings. The highest BCUT2D eigenvalue weighted by atomic mass is 16.5. The summed E-state index contributed by atoms with van der Waals surface area (Å²) in [5, 5.41) is 13.4. The maximum absolute atomic E-state index is 11.8. The summed E-state index contributed by atoms with van der Waals surface area (Å²) >= 11 is 0. The molecule has 1 atom stereocenters. The van der Waals surface area contributed by atoms with E-state index in [0.717, 1.165) is 45.6 Å². The van der Waals surface area contributed by atoms with Gasteiger partial charge >= 0.3 is 6.03 Å². The molecule has 0 radical (unpaired) electrons. The van der Waals surface area contributed by atoms with Crippen LogP contribution in [0.1, 0.15) is 19.8 Å². The molecule has 1 saturated heterocycles. The molecule has 1 aromatic heterocycles. The van der Waals surface area contributed by atoms with Crippen LogP contribution in [0.15, 0.2) is 6.20 Å². The number of nitrogens with zero attached hydrogens (tertiary/aromatic N) is 4. The summed E-state index contributed by atoms with van der Waals surface area (Å²) in [6, 6.07) is -0.221. The van der Waals surface area contributed by atoms with Crippen molar-refractivity contribution in [3.8, 4) is 0 Å². The minimum Gasteiger partial charge on any atom is -0.385 e. The zero-order valence-electron chi connectivity index (χ0n) is 13.4. The molecule has 1 aliphatic heterocycles. The van der Waals surface area contributed by atoms with Gasteiger partial charge in [0, 0.05) is 39.9 Å². The molecular formula is C14H26N6O2. The van der Waals surface area contributed by atoms with E-state index in [4.69, 9.17) is 4.74 Å². The van der Waals surface area contributed by atoms with Crippen LogP contribution in [0, 0.1) is 5.92 Å². The van der Waals surface area contributed by atoms with Crippen LogP contribution in [0.3, 0.4) is 0 Å². The van der Waals surface area contributed by atoms with Crippen molar-refractivity contribution in [3.05, 3.63) is 6.20 Å². The van der Waals surface area contributed by atoms with E-state index in [1.807, 2.05) is 6.92 Å². The van der Waals surface area contributed by atoms with Gasteiger partial charge in [0.15, 0.2) is 5.82 Å². The van der Waals surface area contributed by atoms with Gasteiger partial charge in [0.2, 0.25) is 0 Å². The van der Waals surface area contributed by atoms with Gasteiger partial charge in [0.1, 0.15) is 0 Å². The van der Waals surface area contributed by atoms with E-state index in [1.165, 1.54) is 0 Å². The maximum atomic E-state index is 11.8. The number of rotatable bonds is 8. The molecular weight excluding hydrogens is 284 g/mol. The van der Waals surface area contributed by atoms with Crippen molar-refractivity contribution in [2.24, 2.45) is 5.92 Å². The second-order valence-corrected chi connectivity index (χ2v) is 5.60. The summed E-state index contributed by atoms with van der Waals surface area (Å²) in [6.45, 7) is 7.40. The van der Waals surface area contributed by atoms with Crippen LogP contribution in [0.25, 0.3) is 0 Å². The van der Waals surface area contributed by atoms with Gasteiger partial charge in [-0.3, -0.25) is 10.00 Å². The Morgan fingerprint density at radius 2 is 2.41 bits per heavy atom. The van der Waals surface area contributed by atoms with Crippen LogP contribution in [-0.2, 0) is 11.3 Å². The van der Waals surface area contributed by atoms with Gasteiger partial charge in [-0.25, -0.2) is 4.79 Å². The quantitative estimate of drug-likeness (QED) is 0.693. The van der Waals surface area contributed by atoms with E-state index < -0.39 is 0 Å². The highest BCUT2D eigenvalue weighted by molar-refractivity contribution is 5.87. The van der Waals surface area contributed by atoms with Crippen LogP contribution in [0.4, 0.5) is 10.6 Å². The van der Waals surface area contributed by atoms with E-state index in [1.54, 1.807) is 18.0 Å². The summed E-state index contributed by atoms with van der Waals surface area (Å²) < 4.78 is 6.74.